The van der Waals surface area contributed by atoms with E-state index >= 15 is 0 Å². The normalized spacial score (nSPS) is 14.5. The van der Waals surface area contributed by atoms with Gasteiger partial charge < -0.3 is 14.8 Å². The molecule has 150 valence electrons. The highest BCUT2D eigenvalue weighted by atomic mass is 35.5. The smallest absolute Gasteiger partial charge is 0.273 e. The van der Waals surface area contributed by atoms with E-state index < -0.39 is 5.91 Å². The second-order valence-electron chi connectivity index (χ2n) is 6.57. The third kappa shape index (κ3) is 4.49. The van der Waals surface area contributed by atoms with Crippen LogP contribution in [0.25, 0.3) is 5.69 Å². The molecule has 0 radical (unpaired) electrons. The van der Waals surface area contributed by atoms with Crippen LogP contribution >= 0.6 is 11.6 Å². The lowest BCUT2D eigenvalue weighted by molar-refractivity contribution is 0.0238. The number of carbonyl (C=O) groups excluding carboxylic acids is 1. The molecule has 3 aromatic rings. The number of amides is 1. The summed E-state index contributed by atoms with van der Waals surface area (Å²) < 4.78 is 12.4. The van der Waals surface area contributed by atoms with Crippen LogP contribution in [-0.4, -0.2) is 40.0 Å². The molecule has 0 atom stereocenters. The largest absolute Gasteiger partial charge is 0.473 e. The molecule has 0 aliphatic carbocycles. The Balaban J connectivity index is 1.46. The highest BCUT2D eigenvalue weighted by molar-refractivity contribution is 6.32. The zero-order chi connectivity index (χ0) is 20.2. The van der Waals surface area contributed by atoms with Crippen LogP contribution in [0.2, 0.25) is 5.02 Å². The van der Waals surface area contributed by atoms with Crippen LogP contribution in [-0.2, 0) is 4.74 Å². The number of hydrogen-bond acceptors (Lipinski definition) is 5. The Hall–Kier alpha value is -3.10. The second-order valence-corrected chi connectivity index (χ2v) is 6.98. The van der Waals surface area contributed by atoms with Crippen LogP contribution in [0.15, 0.2) is 53.5 Å². The maximum atomic E-state index is 12.5. The molecule has 1 amide bonds. The summed E-state index contributed by atoms with van der Waals surface area (Å²) in [5.74, 6) is 0.111. The lowest BCUT2D eigenvalue weighted by Crippen LogP contribution is -2.26. The lowest BCUT2D eigenvalue weighted by atomic mass is 10.1. The van der Waals surface area contributed by atoms with Gasteiger partial charge in [0.1, 0.15) is 16.9 Å². The fourth-order valence-electron chi connectivity index (χ4n) is 3.01. The maximum Gasteiger partial charge on any atom is 0.273 e. The predicted molar refractivity (Wildman–Crippen MR) is 108 cm³/mol. The molecule has 1 aromatic carbocycles. The fraction of sp³-hybridized carbons (Fsp3) is 0.250. The van der Waals surface area contributed by atoms with E-state index in [4.69, 9.17) is 21.1 Å². The van der Waals surface area contributed by atoms with Crippen LogP contribution in [0, 0.1) is 0 Å². The Morgan fingerprint density at radius 1 is 1.24 bits per heavy atom. The van der Waals surface area contributed by atoms with E-state index in [1.54, 1.807) is 12.1 Å². The molecule has 0 saturated carbocycles. The number of nitrogens with one attached hydrogen (secondary N) is 2. The van der Waals surface area contributed by atoms with E-state index in [1.807, 2.05) is 18.2 Å². The van der Waals surface area contributed by atoms with Gasteiger partial charge in [0, 0.05) is 25.1 Å². The van der Waals surface area contributed by atoms with Crippen LogP contribution < -0.4 is 15.6 Å². The van der Waals surface area contributed by atoms with Crippen LogP contribution in [0.3, 0.4) is 0 Å². The molecule has 0 spiro atoms. The average Bonchev–Trinajstić information content (AvgIpc) is 3.11. The molecule has 1 fully saturated rings. The van der Waals surface area contributed by atoms with Crippen LogP contribution in [0.1, 0.15) is 23.2 Å². The molecule has 1 saturated heterocycles. The zero-order valence-electron chi connectivity index (χ0n) is 15.4. The minimum atomic E-state index is -0.446. The molecule has 2 N–H and O–H groups in total. The summed E-state index contributed by atoms with van der Waals surface area (Å²) in [7, 11) is 0. The van der Waals surface area contributed by atoms with Crippen molar-refractivity contribution in [2.75, 3.05) is 18.5 Å². The van der Waals surface area contributed by atoms with E-state index in [9.17, 15) is 9.59 Å². The van der Waals surface area contributed by atoms with Gasteiger partial charge in [0.25, 0.3) is 11.5 Å². The van der Waals surface area contributed by atoms with E-state index in [0.717, 1.165) is 12.8 Å². The topological polar surface area (TPSA) is 98.2 Å². The first-order chi connectivity index (χ1) is 14.1. The van der Waals surface area contributed by atoms with Crippen LogP contribution in [0.4, 0.5) is 5.82 Å². The molecule has 2 aromatic heterocycles. The highest BCUT2D eigenvalue weighted by Gasteiger charge is 2.19. The predicted octanol–water partition coefficient (Wildman–Crippen LogP) is 3.02. The first-order valence-electron chi connectivity index (χ1n) is 9.19. The SMILES string of the molecule is O=C(Nc1cc(=O)n(-c2ccccc2)[nH]1)c1cnc(OC2CCOCC2)c(Cl)c1. The number of hydrogen-bond donors (Lipinski definition) is 2. The van der Waals surface area contributed by atoms with Crippen LogP contribution in [0.5, 0.6) is 5.88 Å². The number of carbonyl (C=O) groups is 1. The van der Waals surface area contributed by atoms with Gasteiger partial charge in [-0.25, -0.2) is 9.67 Å². The molecule has 8 nitrogen and oxygen atoms in total. The van der Waals surface area contributed by atoms with Crippen molar-refractivity contribution in [3.8, 4) is 11.6 Å². The highest BCUT2D eigenvalue weighted by Crippen LogP contribution is 2.25. The van der Waals surface area contributed by atoms with Gasteiger partial charge in [0.2, 0.25) is 5.88 Å². The number of rotatable bonds is 5. The molecular formula is C20H19ClN4O4. The van der Waals surface area contributed by atoms with Crippen molar-refractivity contribution >= 4 is 23.3 Å². The molecule has 0 bridgehead atoms. The van der Waals surface area contributed by atoms with Gasteiger partial charge in [-0.3, -0.25) is 14.7 Å². The summed E-state index contributed by atoms with van der Waals surface area (Å²) in [6.45, 7) is 1.28. The van der Waals surface area contributed by atoms with Crippen molar-refractivity contribution in [2.24, 2.45) is 0 Å². The van der Waals surface area contributed by atoms with Crippen molar-refractivity contribution in [1.29, 1.82) is 0 Å². The van der Waals surface area contributed by atoms with E-state index in [-0.39, 0.29) is 28.1 Å². The zero-order valence-corrected chi connectivity index (χ0v) is 16.2. The van der Waals surface area contributed by atoms with Gasteiger partial charge >= 0.3 is 0 Å². The first-order valence-corrected chi connectivity index (χ1v) is 9.57. The van der Waals surface area contributed by atoms with E-state index in [2.05, 4.69) is 15.4 Å². The third-order valence-corrected chi connectivity index (χ3v) is 4.77. The number of anilines is 1. The summed E-state index contributed by atoms with van der Waals surface area (Å²) >= 11 is 6.24. The van der Waals surface area contributed by atoms with Crippen molar-refractivity contribution in [2.45, 2.75) is 18.9 Å². The Morgan fingerprint density at radius 2 is 2.00 bits per heavy atom. The molecule has 4 rings (SSSR count). The molecule has 1 aliphatic heterocycles. The van der Waals surface area contributed by atoms with Gasteiger partial charge in [-0.05, 0) is 18.2 Å². The number of pyridine rings is 1. The van der Waals surface area contributed by atoms with Gasteiger partial charge in [-0.1, -0.05) is 29.8 Å². The molecule has 0 unspecified atom stereocenters. The average molecular weight is 415 g/mol. The quantitative estimate of drug-likeness (QED) is 0.668. The van der Waals surface area contributed by atoms with Gasteiger partial charge in [0.15, 0.2) is 0 Å². The fourth-order valence-corrected chi connectivity index (χ4v) is 3.22. The Bertz CT molecular complexity index is 1060. The number of benzene rings is 1. The van der Waals surface area contributed by atoms with Gasteiger partial charge in [-0.15, -0.1) is 0 Å². The number of H-pyrrole nitrogens is 1. The Morgan fingerprint density at radius 3 is 2.72 bits per heavy atom. The first kappa shape index (κ1) is 19.2. The van der Waals surface area contributed by atoms with Crippen molar-refractivity contribution in [3.63, 3.8) is 0 Å². The van der Waals surface area contributed by atoms with Gasteiger partial charge in [0.05, 0.1) is 24.5 Å². The molecular weight excluding hydrogens is 396 g/mol. The molecule has 1 aliphatic rings. The summed E-state index contributed by atoms with van der Waals surface area (Å²) in [6.07, 6.45) is 2.93. The standard InChI is InChI=1S/C20H19ClN4O4/c21-16-10-13(12-22-20(16)29-15-6-8-28-9-7-15)19(27)23-17-11-18(26)25(24-17)14-4-2-1-3-5-14/h1-5,10-12,15,24H,6-9H2,(H,23,27). The minimum absolute atomic E-state index is 0.00347. The van der Waals surface area contributed by atoms with Crippen molar-refractivity contribution in [3.05, 3.63) is 69.6 Å². The number of aromatic nitrogens is 3. The molecule has 29 heavy (non-hydrogen) atoms. The minimum Gasteiger partial charge on any atom is -0.473 e. The number of nitrogens with zero attached hydrogens (tertiary/aromatic N) is 2. The van der Waals surface area contributed by atoms with E-state index in [1.165, 1.54) is 23.0 Å². The summed E-state index contributed by atoms with van der Waals surface area (Å²) in [5.41, 5.74) is 0.628. The molecule has 3 heterocycles. The number of ether oxygens (including phenoxy) is 2. The molecule has 9 heteroatoms. The van der Waals surface area contributed by atoms with Gasteiger partial charge in [-0.2, -0.15) is 0 Å². The van der Waals surface area contributed by atoms with Crippen molar-refractivity contribution in [1.82, 2.24) is 14.8 Å². The number of halogens is 1. The number of aromatic amines is 1. The second kappa shape index (κ2) is 8.50. The summed E-state index contributed by atoms with van der Waals surface area (Å²) in [6, 6.07) is 11.9. The summed E-state index contributed by atoms with van der Waals surface area (Å²) in [5, 5.41) is 5.76. The van der Waals surface area contributed by atoms with E-state index in [0.29, 0.717) is 24.8 Å². The number of para-hydroxylation sites is 1. The maximum absolute atomic E-state index is 12.5. The monoisotopic (exact) mass is 414 g/mol. The lowest BCUT2D eigenvalue weighted by Gasteiger charge is -2.23. The summed E-state index contributed by atoms with van der Waals surface area (Å²) in [4.78, 5) is 28.9. The Labute approximate surface area is 171 Å². The van der Waals surface area contributed by atoms with Crippen molar-refractivity contribution < 1.29 is 14.3 Å². The third-order valence-electron chi connectivity index (χ3n) is 4.50. The Kier molecular flexibility index (Phi) is 5.64.